The molecule has 13 heteroatoms. The van der Waals surface area contributed by atoms with Crippen molar-refractivity contribution in [1.82, 2.24) is 15.4 Å². The molecule has 28 heavy (non-hydrogen) atoms. The number of urea groups is 1. The van der Waals surface area contributed by atoms with Gasteiger partial charge in [0.1, 0.15) is 0 Å². The van der Waals surface area contributed by atoms with Crippen molar-refractivity contribution < 1.29 is 27.3 Å². The van der Waals surface area contributed by atoms with Crippen LogP contribution in [0.15, 0.2) is 26.3 Å². The van der Waals surface area contributed by atoms with E-state index in [2.05, 4.69) is 36.7 Å². The number of halogens is 1. The SMILES string of the molecule is COc1nc(C)cnc1NC(=O)NOCC(C)C.O=S(=O)(O)c1sccc1Br. The summed E-state index contributed by atoms with van der Waals surface area (Å²) in [6.07, 6.45) is 1.53. The highest BCUT2D eigenvalue weighted by molar-refractivity contribution is 9.10. The lowest BCUT2D eigenvalue weighted by atomic mass is 10.2. The fourth-order valence-corrected chi connectivity index (χ4v) is 4.23. The van der Waals surface area contributed by atoms with Crippen LogP contribution in [0.2, 0.25) is 0 Å². The molecule has 0 fully saturated rings. The van der Waals surface area contributed by atoms with Crippen molar-refractivity contribution in [2.45, 2.75) is 25.0 Å². The number of nitrogens with zero attached hydrogens (tertiary/aromatic N) is 2. The molecular formula is C15H21BrN4O6S2. The van der Waals surface area contributed by atoms with E-state index in [9.17, 15) is 13.2 Å². The molecule has 0 aliphatic rings. The van der Waals surface area contributed by atoms with E-state index in [1.165, 1.54) is 13.3 Å². The topological polar surface area (TPSA) is 140 Å². The Morgan fingerprint density at radius 2 is 2.11 bits per heavy atom. The summed E-state index contributed by atoms with van der Waals surface area (Å²) >= 11 is 3.94. The lowest BCUT2D eigenvalue weighted by Crippen LogP contribution is -2.30. The van der Waals surface area contributed by atoms with Crippen LogP contribution >= 0.6 is 27.3 Å². The van der Waals surface area contributed by atoms with E-state index in [1.807, 2.05) is 13.8 Å². The number of carbonyl (C=O) groups is 1. The third kappa shape index (κ3) is 8.48. The Bertz CT molecular complexity index is 888. The second kappa shape index (κ2) is 11.3. The molecule has 3 N–H and O–H groups in total. The molecule has 2 aromatic heterocycles. The molecule has 2 rings (SSSR count). The first-order valence-corrected chi connectivity index (χ1v) is 10.9. The molecule has 0 saturated carbocycles. The summed E-state index contributed by atoms with van der Waals surface area (Å²) in [6, 6.07) is 1.04. The summed E-state index contributed by atoms with van der Waals surface area (Å²) < 4.78 is 34.8. The molecule has 10 nitrogen and oxygen atoms in total. The van der Waals surface area contributed by atoms with Crippen molar-refractivity contribution in [3.63, 3.8) is 0 Å². The quantitative estimate of drug-likeness (QED) is 0.408. The van der Waals surface area contributed by atoms with Gasteiger partial charge in [0, 0.05) is 4.47 Å². The lowest BCUT2D eigenvalue weighted by molar-refractivity contribution is 0.0481. The molecule has 0 unspecified atom stereocenters. The number of amides is 2. The van der Waals surface area contributed by atoms with Crippen LogP contribution in [0.4, 0.5) is 10.6 Å². The van der Waals surface area contributed by atoms with Crippen molar-refractivity contribution in [2.75, 3.05) is 19.0 Å². The predicted molar refractivity (Wildman–Crippen MR) is 108 cm³/mol. The highest BCUT2D eigenvalue weighted by Crippen LogP contribution is 2.26. The van der Waals surface area contributed by atoms with Gasteiger partial charge in [-0.3, -0.25) is 14.7 Å². The van der Waals surface area contributed by atoms with E-state index >= 15 is 0 Å². The van der Waals surface area contributed by atoms with Gasteiger partial charge in [0.15, 0.2) is 10.0 Å². The molecule has 2 aromatic rings. The second-order valence-electron chi connectivity index (χ2n) is 5.66. The van der Waals surface area contributed by atoms with Crippen LogP contribution in [0.1, 0.15) is 19.5 Å². The molecule has 0 aromatic carbocycles. The van der Waals surface area contributed by atoms with Crippen molar-refractivity contribution >= 4 is 49.2 Å². The molecule has 0 aliphatic carbocycles. The summed E-state index contributed by atoms with van der Waals surface area (Å²) in [5.74, 6) is 0.835. The first-order valence-electron chi connectivity index (χ1n) is 7.81. The second-order valence-corrected chi connectivity index (χ2v) is 9.05. The number of ether oxygens (including phenoxy) is 1. The Kier molecular flexibility index (Phi) is 9.75. The number of carbonyl (C=O) groups excluding carboxylic acids is 1. The lowest BCUT2D eigenvalue weighted by Gasteiger charge is -2.10. The Hall–Kier alpha value is -1.80. The van der Waals surface area contributed by atoms with Crippen molar-refractivity contribution in [3.8, 4) is 5.88 Å². The van der Waals surface area contributed by atoms with Gasteiger partial charge in [-0.15, -0.1) is 11.3 Å². The Balaban J connectivity index is 0.000000330. The summed E-state index contributed by atoms with van der Waals surface area (Å²) in [5, 5.41) is 4.07. The van der Waals surface area contributed by atoms with Gasteiger partial charge in [-0.2, -0.15) is 8.42 Å². The number of thiophene rings is 1. The summed E-state index contributed by atoms with van der Waals surface area (Å²) in [7, 11) is -2.56. The number of hydrogen-bond acceptors (Lipinski definition) is 8. The molecule has 2 heterocycles. The molecule has 156 valence electrons. The number of nitrogens with one attached hydrogen (secondary N) is 2. The number of aryl methyl sites for hydroxylation is 1. The van der Waals surface area contributed by atoms with E-state index in [-0.39, 0.29) is 15.9 Å². The Morgan fingerprint density at radius 3 is 2.57 bits per heavy atom. The molecule has 0 atom stereocenters. The first-order chi connectivity index (χ1) is 13.0. The minimum atomic E-state index is -4.02. The van der Waals surface area contributed by atoms with Crippen molar-refractivity contribution in [3.05, 3.63) is 27.8 Å². The number of anilines is 1. The molecular weight excluding hydrogens is 476 g/mol. The Labute approximate surface area is 175 Å². The molecule has 0 saturated heterocycles. The van der Waals surface area contributed by atoms with Gasteiger partial charge < -0.3 is 4.74 Å². The average Bonchev–Trinajstić information content (AvgIpc) is 3.03. The minimum absolute atomic E-state index is 0.0486. The summed E-state index contributed by atoms with van der Waals surface area (Å²) in [5.41, 5.74) is 2.96. The van der Waals surface area contributed by atoms with Crippen LogP contribution < -0.4 is 15.5 Å². The highest BCUT2D eigenvalue weighted by atomic mass is 79.9. The first kappa shape index (κ1) is 24.2. The molecule has 0 spiro atoms. The van der Waals surface area contributed by atoms with Crippen LogP contribution in [-0.4, -0.2) is 42.7 Å². The minimum Gasteiger partial charge on any atom is -0.478 e. The van der Waals surface area contributed by atoms with Crippen LogP contribution in [0, 0.1) is 12.8 Å². The fourth-order valence-electron chi connectivity index (χ4n) is 1.55. The normalized spacial score (nSPS) is 10.8. The maximum atomic E-state index is 11.5. The maximum absolute atomic E-state index is 11.5. The standard InChI is InChI=1S/C11H18N4O3.C4H3BrO3S2/c1-7(2)6-18-15-11(16)14-9-10(17-4)13-8(3)5-12-9;5-3-1-2-9-4(3)10(6,7)8/h5,7H,6H2,1-4H3,(H2,12,14,15,16);1-2H,(H,6,7,8). The molecule has 2 amide bonds. The zero-order chi connectivity index (χ0) is 21.3. The number of methoxy groups -OCH3 is 1. The monoisotopic (exact) mass is 496 g/mol. The molecule has 0 bridgehead atoms. The zero-order valence-corrected chi connectivity index (χ0v) is 18.8. The summed E-state index contributed by atoms with van der Waals surface area (Å²) in [4.78, 5) is 24.6. The largest absolute Gasteiger partial charge is 0.478 e. The van der Waals surface area contributed by atoms with Crippen LogP contribution in [-0.2, 0) is 15.0 Å². The fraction of sp³-hybridized carbons (Fsp3) is 0.400. The smallest absolute Gasteiger partial charge is 0.344 e. The van der Waals surface area contributed by atoms with Gasteiger partial charge in [-0.1, -0.05) is 13.8 Å². The molecule has 0 radical (unpaired) electrons. The highest BCUT2D eigenvalue weighted by Gasteiger charge is 2.14. The van der Waals surface area contributed by atoms with Gasteiger partial charge >= 0.3 is 16.1 Å². The zero-order valence-electron chi connectivity index (χ0n) is 15.6. The van der Waals surface area contributed by atoms with Crippen molar-refractivity contribution in [1.29, 1.82) is 0 Å². The van der Waals surface area contributed by atoms with Gasteiger partial charge in [0.25, 0.3) is 5.88 Å². The van der Waals surface area contributed by atoms with Gasteiger partial charge in [-0.25, -0.2) is 20.2 Å². The maximum Gasteiger partial charge on any atom is 0.344 e. The van der Waals surface area contributed by atoms with E-state index in [0.717, 1.165) is 11.3 Å². The van der Waals surface area contributed by atoms with Crippen LogP contribution in [0.3, 0.4) is 0 Å². The van der Waals surface area contributed by atoms with Gasteiger partial charge in [0.05, 0.1) is 25.6 Å². The summed E-state index contributed by atoms with van der Waals surface area (Å²) in [6.45, 7) is 6.18. The molecule has 0 aliphatic heterocycles. The predicted octanol–water partition coefficient (Wildman–Crippen LogP) is 3.26. The third-order valence-electron chi connectivity index (χ3n) is 2.69. The van der Waals surface area contributed by atoms with E-state index in [0.29, 0.717) is 22.7 Å². The van der Waals surface area contributed by atoms with Gasteiger partial charge in [0.2, 0.25) is 0 Å². The van der Waals surface area contributed by atoms with Gasteiger partial charge in [-0.05, 0) is 40.2 Å². The number of rotatable bonds is 6. The number of hydrogen-bond donors (Lipinski definition) is 3. The average molecular weight is 497 g/mol. The number of aromatic nitrogens is 2. The van der Waals surface area contributed by atoms with Crippen molar-refractivity contribution in [2.24, 2.45) is 5.92 Å². The van der Waals surface area contributed by atoms with E-state index < -0.39 is 16.1 Å². The third-order valence-corrected chi connectivity index (χ3v) is 6.19. The van der Waals surface area contributed by atoms with E-state index in [4.69, 9.17) is 14.1 Å². The number of hydroxylamine groups is 1. The van der Waals surface area contributed by atoms with E-state index in [1.54, 1.807) is 18.4 Å². The Morgan fingerprint density at radius 1 is 1.43 bits per heavy atom. The van der Waals surface area contributed by atoms with Crippen LogP contribution in [0.5, 0.6) is 5.88 Å². The van der Waals surface area contributed by atoms with Crippen LogP contribution in [0.25, 0.3) is 0 Å².